The zero-order valence-corrected chi connectivity index (χ0v) is 17.2. The smallest absolute Gasteiger partial charge is 0.279 e. The Labute approximate surface area is 163 Å². The maximum atomic E-state index is 12.5. The normalized spacial score (nSPS) is 14.4. The molecule has 1 aliphatic heterocycles. The van der Waals surface area contributed by atoms with E-state index in [0.29, 0.717) is 25.9 Å². The summed E-state index contributed by atoms with van der Waals surface area (Å²) >= 11 is 1.48. The van der Waals surface area contributed by atoms with E-state index in [-0.39, 0.29) is 12.5 Å². The third kappa shape index (κ3) is 4.52. The first-order valence-electron chi connectivity index (χ1n) is 8.56. The van der Waals surface area contributed by atoms with E-state index in [4.69, 9.17) is 0 Å². The number of aromatic nitrogens is 2. The number of carbonyl (C=O) groups excluding carboxylic acids is 1. The minimum absolute atomic E-state index is 0.0435. The highest BCUT2D eigenvalue weighted by molar-refractivity contribution is 7.87. The van der Waals surface area contributed by atoms with Crippen molar-refractivity contribution in [3.63, 3.8) is 0 Å². The Balaban J connectivity index is 1.75. The summed E-state index contributed by atoms with van der Waals surface area (Å²) in [6.07, 6.45) is 2.77. The maximum absolute atomic E-state index is 12.5. The van der Waals surface area contributed by atoms with Crippen LogP contribution in [0.3, 0.4) is 0 Å². The number of hydrogen-bond acceptors (Lipinski definition) is 6. The molecular formula is C17H23N5O3S2. The van der Waals surface area contributed by atoms with Crippen LogP contribution in [0.2, 0.25) is 0 Å². The third-order valence-electron chi connectivity index (χ3n) is 4.68. The lowest BCUT2D eigenvalue weighted by molar-refractivity contribution is -0.131. The summed E-state index contributed by atoms with van der Waals surface area (Å²) in [5.41, 5.74) is 6.26. The van der Waals surface area contributed by atoms with Gasteiger partial charge in [-0.25, -0.2) is 4.98 Å². The molecule has 2 aromatic rings. The van der Waals surface area contributed by atoms with Crippen LogP contribution in [0.5, 0.6) is 0 Å². The summed E-state index contributed by atoms with van der Waals surface area (Å²) in [7, 11) is -0.536. The molecule has 1 aliphatic rings. The number of thiazole rings is 1. The van der Waals surface area contributed by atoms with Crippen LogP contribution in [0.4, 0.5) is 0 Å². The molecule has 1 amide bonds. The second-order valence-corrected chi connectivity index (χ2v) is 9.34. The molecule has 2 aromatic heterocycles. The summed E-state index contributed by atoms with van der Waals surface area (Å²) < 4.78 is 27.8. The number of pyridine rings is 1. The van der Waals surface area contributed by atoms with Gasteiger partial charge in [-0.2, -0.15) is 17.4 Å². The SMILES string of the molecule is Cc1ncc2c(c1CNS(=O)(=O)N(C)C)CCN(C(=O)Cc1cscn1)C2. The van der Waals surface area contributed by atoms with Crippen molar-refractivity contribution in [1.29, 1.82) is 0 Å². The van der Waals surface area contributed by atoms with Gasteiger partial charge in [0.15, 0.2) is 0 Å². The summed E-state index contributed by atoms with van der Waals surface area (Å²) in [5, 5.41) is 1.88. The number of aryl methyl sites for hydroxylation is 1. The van der Waals surface area contributed by atoms with Gasteiger partial charge < -0.3 is 4.90 Å². The van der Waals surface area contributed by atoms with Crippen molar-refractivity contribution < 1.29 is 13.2 Å². The van der Waals surface area contributed by atoms with Crippen LogP contribution in [0, 0.1) is 6.92 Å². The number of hydrogen-bond donors (Lipinski definition) is 1. The van der Waals surface area contributed by atoms with Gasteiger partial charge in [-0.3, -0.25) is 9.78 Å². The molecule has 10 heteroatoms. The standard InChI is InChI=1S/C17H23N5O3S2/c1-12-16(8-20-27(24,25)21(2)3)15-4-5-22(9-13(15)7-18-12)17(23)6-14-10-26-11-19-14/h7,10-11,20H,4-6,8-9H2,1-3H3. The lowest BCUT2D eigenvalue weighted by Gasteiger charge is -2.30. The Hall–Kier alpha value is -1.88. The third-order valence-corrected chi connectivity index (χ3v) is 6.78. The lowest BCUT2D eigenvalue weighted by atomic mass is 9.95. The Morgan fingerprint density at radius 1 is 1.37 bits per heavy atom. The highest BCUT2D eigenvalue weighted by atomic mass is 32.2. The summed E-state index contributed by atoms with van der Waals surface area (Å²) in [5.74, 6) is 0.0435. The second-order valence-electron chi connectivity index (χ2n) is 6.66. The van der Waals surface area contributed by atoms with Crippen molar-refractivity contribution >= 4 is 27.5 Å². The Kier molecular flexibility index (Phi) is 5.89. The highest BCUT2D eigenvalue weighted by Gasteiger charge is 2.25. The fraction of sp³-hybridized carbons (Fsp3) is 0.471. The quantitative estimate of drug-likeness (QED) is 0.764. The van der Waals surface area contributed by atoms with E-state index in [1.807, 2.05) is 17.2 Å². The molecule has 0 radical (unpaired) electrons. The van der Waals surface area contributed by atoms with E-state index >= 15 is 0 Å². The molecular weight excluding hydrogens is 386 g/mol. The molecule has 0 spiro atoms. The fourth-order valence-corrected chi connectivity index (χ4v) is 4.20. The van der Waals surface area contributed by atoms with Crippen LogP contribution in [0.15, 0.2) is 17.1 Å². The molecule has 0 unspecified atom stereocenters. The molecule has 27 heavy (non-hydrogen) atoms. The zero-order valence-electron chi connectivity index (χ0n) is 15.6. The van der Waals surface area contributed by atoms with Crippen molar-refractivity contribution in [3.8, 4) is 0 Å². The highest BCUT2D eigenvalue weighted by Crippen LogP contribution is 2.24. The first-order valence-corrected chi connectivity index (χ1v) is 10.9. The van der Waals surface area contributed by atoms with E-state index in [9.17, 15) is 13.2 Å². The second kappa shape index (κ2) is 8.01. The van der Waals surface area contributed by atoms with Crippen LogP contribution >= 0.6 is 11.3 Å². The Morgan fingerprint density at radius 2 is 2.15 bits per heavy atom. The molecule has 0 saturated carbocycles. The molecule has 0 aromatic carbocycles. The number of fused-ring (bicyclic) bond motifs is 1. The first-order chi connectivity index (χ1) is 12.8. The Morgan fingerprint density at radius 3 is 2.81 bits per heavy atom. The van der Waals surface area contributed by atoms with Crippen molar-refractivity contribution in [2.75, 3.05) is 20.6 Å². The van der Waals surface area contributed by atoms with E-state index in [1.165, 1.54) is 25.4 Å². The summed E-state index contributed by atoms with van der Waals surface area (Å²) in [6.45, 7) is 3.15. The van der Waals surface area contributed by atoms with Gasteiger partial charge in [0.25, 0.3) is 10.2 Å². The van der Waals surface area contributed by atoms with Crippen LogP contribution in [-0.4, -0.2) is 54.1 Å². The first kappa shape index (κ1) is 19.9. The van der Waals surface area contributed by atoms with Crippen LogP contribution in [0.1, 0.15) is 28.1 Å². The average molecular weight is 410 g/mol. The topological polar surface area (TPSA) is 95.5 Å². The van der Waals surface area contributed by atoms with E-state index < -0.39 is 10.2 Å². The van der Waals surface area contributed by atoms with Crippen molar-refractivity contribution in [2.45, 2.75) is 32.9 Å². The monoisotopic (exact) mass is 409 g/mol. The predicted molar refractivity (Wildman–Crippen MR) is 103 cm³/mol. The fourth-order valence-electron chi connectivity index (χ4n) is 3.05. The zero-order chi connectivity index (χ0) is 19.6. The summed E-state index contributed by atoms with van der Waals surface area (Å²) in [4.78, 5) is 22.9. The Bertz CT molecular complexity index is 926. The molecule has 0 bridgehead atoms. The molecule has 1 N–H and O–H groups in total. The average Bonchev–Trinajstić information content (AvgIpc) is 3.13. The molecule has 0 fully saturated rings. The predicted octanol–water partition coefficient (Wildman–Crippen LogP) is 0.870. The van der Waals surface area contributed by atoms with E-state index in [1.54, 1.807) is 11.7 Å². The number of nitrogens with zero attached hydrogens (tertiary/aromatic N) is 4. The van der Waals surface area contributed by atoms with E-state index in [2.05, 4.69) is 14.7 Å². The van der Waals surface area contributed by atoms with Gasteiger partial charge in [0.2, 0.25) is 5.91 Å². The number of rotatable bonds is 6. The summed E-state index contributed by atoms with van der Waals surface area (Å²) in [6, 6.07) is 0. The van der Waals surface area contributed by atoms with Crippen molar-refractivity contribution in [2.24, 2.45) is 0 Å². The maximum Gasteiger partial charge on any atom is 0.279 e. The molecule has 0 saturated heterocycles. The minimum atomic E-state index is -3.51. The number of amides is 1. The van der Waals surface area contributed by atoms with Gasteiger partial charge in [-0.05, 0) is 30.0 Å². The molecule has 146 valence electrons. The van der Waals surface area contributed by atoms with Gasteiger partial charge in [-0.15, -0.1) is 11.3 Å². The number of carbonyl (C=O) groups is 1. The minimum Gasteiger partial charge on any atom is -0.338 e. The molecule has 0 atom stereocenters. The molecule has 3 rings (SSSR count). The van der Waals surface area contributed by atoms with Gasteiger partial charge in [-0.1, -0.05) is 0 Å². The van der Waals surface area contributed by atoms with Gasteiger partial charge in [0.05, 0.1) is 17.6 Å². The van der Waals surface area contributed by atoms with Crippen LogP contribution < -0.4 is 4.72 Å². The number of nitrogens with one attached hydrogen (secondary N) is 1. The van der Waals surface area contributed by atoms with Gasteiger partial charge >= 0.3 is 0 Å². The van der Waals surface area contributed by atoms with E-state index in [0.717, 1.165) is 32.4 Å². The van der Waals surface area contributed by atoms with Gasteiger partial charge in [0, 0.05) is 51.0 Å². The van der Waals surface area contributed by atoms with Crippen molar-refractivity contribution in [1.82, 2.24) is 23.9 Å². The largest absolute Gasteiger partial charge is 0.338 e. The molecule has 8 nitrogen and oxygen atoms in total. The molecule has 0 aliphatic carbocycles. The lowest BCUT2D eigenvalue weighted by Crippen LogP contribution is -2.39. The van der Waals surface area contributed by atoms with Gasteiger partial charge in [0.1, 0.15) is 0 Å². The molecule has 3 heterocycles. The van der Waals surface area contributed by atoms with Crippen LogP contribution in [-0.2, 0) is 40.9 Å². The van der Waals surface area contributed by atoms with Crippen LogP contribution in [0.25, 0.3) is 0 Å². The van der Waals surface area contributed by atoms with Crippen molar-refractivity contribution in [3.05, 3.63) is 45.2 Å².